The van der Waals surface area contributed by atoms with Gasteiger partial charge in [0.1, 0.15) is 9.77 Å². The smallest absolute Gasteiger partial charge is 0.348 e. The number of methoxy groups -OCH3 is 1. The first-order valence-corrected chi connectivity index (χ1v) is 8.27. The normalized spacial score (nSPS) is 13.6. The molecule has 19 heavy (non-hydrogen) atoms. The molecule has 0 saturated carbocycles. The summed E-state index contributed by atoms with van der Waals surface area (Å²) >= 11 is 4.11. The maximum atomic E-state index is 12.3. The van der Waals surface area contributed by atoms with E-state index in [9.17, 15) is 18.3 Å². The van der Waals surface area contributed by atoms with E-state index in [1.54, 1.807) is 0 Å². The van der Waals surface area contributed by atoms with Crippen LogP contribution in [0.15, 0.2) is 14.7 Å². The van der Waals surface area contributed by atoms with Gasteiger partial charge in [0.05, 0.1) is 17.0 Å². The van der Waals surface area contributed by atoms with Crippen LogP contribution in [-0.2, 0) is 14.8 Å². The molecule has 0 aliphatic rings. The Morgan fingerprint density at radius 3 is 2.68 bits per heavy atom. The van der Waals surface area contributed by atoms with Gasteiger partial charge in [0.2, 0.25) is 10.0 Å². The van der Waals surface area contributed by atoms with E-state index in [4.69, 9.17) is 0 Å². The minimum Gasteiger partial charge on any atom is -0.465 e. The second-order valence-electron chi connectivity index (χ2n) is 3.87. The summed E-state index contributed by atoms with van der Waals surface area (Å²) in [5.41, 5.74) is 0. The fraction of sp³-hybridized carbons (Fsp3) is 0.500. The summed E-state index contributed by atoms with van der Waals surface area (Å²) < 4.78 is 30.4. The van der Waals surface area contributed by atoms with Gasteiger partial charge in [-0.05, 0) is 28.9 Å². The van der Waals surface area contributed by atoms with Crippen molar-refractivity contribution in [3.05, 3.63) is 14.7 Å². The Morgan fingerprint density at radius 2 is 2.21 bits per heavy atom. The Kier molecular flexibility index (Phi) is 5.51. The van der Waals surface area contributed by atoms with Gasteiger partial charge in [-0.25, -0.2) is 13.2 Å². The van der Waals surface area contributed by atoms with E-state index in [-0.39, 0.29) is 16.3 Å². The topological polar surface area (TPSA) is 83.9 Å². The Bertz CT molecular complexity index is 566. The number of aliphatic hydroxyl groups is 1. The lowest BCUT2D eigenvalue weighted by Crippen LogP contribution is -2.33. The van der Waals surface area contributed by atoms with Gasteiger partial charge in [-0.15, -0.1) is 11.3 Å². The van der Waals surface area contributed by atoms with Crippen molar-refractivity contribution in [2.75, 3.05) is 20.7 Å². The van der Waals surface area contributed by atoms with Crippen LogP contribution in [0.4, 0.5) is 0 Å². The molecule has 108 valence electrons. The molecule has 0 fully saturated rings. The van der Waals surface area contributed by atoms with E-state index in [0.717, 1.165) is 15.6 Å². The summed E-state index contributed by atoms with van der Waals surface area (Å²) in [4.78, 5) is 11.6. The molecule has 1 aromatic rings. The number of aliphatic hydroxyl groups excluding tert-OH is 1. The molecular formula is C10H14BrNO5S2. The number of ether oxygens (including phenoxy) is 1. The molecule has 1 unspecified atom stereocenters. The van der Waals surface area contributed by atoms with Gasteiger partial charge in [0.15, 0.2) is 0 Å². The van der Waals surface area contributed by atoms with E-state index in [1.165, 1.54) is 27.1 Å². The second kappa shape index (κ2) is 6.31. The van der Waals surface area contributed by atoms with Crippen molar-refractivity contribution >= 4 is 43.3 Å². The van der Waals surface area contributed by atoms with Crippen LogP contribution < -0.4 is 0 Å². The molecule has 6 nitrogen and oxygen atoms in total. The number of hydrogen-bond acceptors (Lipinski definition) is 6. The van der Waals surface area contributed by atoms with Crippen molar-refractivity contribution in [3.63, 3.8) is 0 Å². The third kappa shape index (κ3) is 3.76. The summed E-state index contributed by atoms with van der Waals surface area (Å²) in [5.74, 6) is -0.592. The van der Waals surface area contributed by atoms with Crippen LogP contribution >= 0.6 is 27.3 Å². The lowest BCUT2D eigenvalue weighted by atomic mass is 10.4. The molecular weight excluding hydrogens is 358 g/mol. The van der Waals surface area contributed by atoms with Crippen LogP contribution in [0.25, 0.3) is 0 Å². The number of esters is 1. The SMILES string of the molecule is COC(=O)c1cc(S(=O)(=O)N(C)CC(C)O)c(Br)s1. The summed E-state index contributed by atoms with van der Waals surface area (Å²) in [6.07, 6.45) is -0.780. The van der Waals surface area contributed by atoms with Crippen molar-refractivity contribution in [1.82, 2.24) is 4.31 Å². The van der Waals surface area contributed by atoms with Gasteiger partial charge in [-0.2, -0.15) is 4.31 Å². The van der Waals surface area contributed by atoms with Crippen molar-refractivity contribution < 1.29 is 23.1 Å². The molecule has 1 heterocycles. The van der Waals surface area contributed by atoms with E-state index >= 15 is 0 Å². The van der Waals surface area contributed by atoms with E-state index < -0.39 is 22.1 Å². The first kappa shape index (κ1) is 16.6. The number of sulfonamides is 1. The zero-order valence-corrected chi connectivity index (χ0v) is 13.8. The molecule has 0 aliphatic heterocycles. The standard InChI is InChI=1S/C10H14BrNO5S2/c1-6(13)5-12(2)19(15,16)8-4-7(10(14)17-3)18-9(8)11/h4,6,13H,5H2,1-3H3. The number of nitrogens with zero attached hydrogens (tertiary/aromatic N) is 1. The molecule has 1 rings (SSSR count). The monoisotopic (exact) mass is 371 g/mol. The fourth-order valence-corrected chi connectivity index (χ4v) is 5.05. The van der Waals surface area contributed by atoms with Gasteiger partial charge in [-0.1, -0.05) is 0 Å². The van der Waals surface area contributed by atoms with Gasteiger partial charge < -0.3 is 9.84 Å². The molecule has 0 aromatic carbocycles. The number of thiophene rings is 1. The zero-order valence-electron chi connectivity index (χ0n) is 10.6. The van der Waals surface area contributed by atoms with E-state index in [0.29, 0.717) is 3.79 Å². The number of hydrogen-bond donors (Lipinski definition) is 1. The Morgan fingerprint density at radius 1 is 1.63 bits per heavy atom. The summed E-state index contributed by atoms with van der Waals surface area (Å²) in [7, 11) is -1.17. The predicted molar refractivity (Wildman–Crippen MR) is 74.9 cm³/mol. The van der Waals surface area contributed by atoms with Crippen molar-refractivity contribution in [2.45, 2.75) is 17.9 Å². The first-order chi connectivity index (χ1) is 8.70. The molecule has 1 N–H and O–H groups in total. The van der Waals surface area contributed by atoms with E-state index in [2.05, 4.69) is 20.7 Å². The molecule has 1 aromatic heterocycles. The highest BCUT2D eigenvalue weighted by Gasteiger charge is 2.28. The maximum Gasteiger partial charge on any atom is 0.348 e. The molecule has 0 radical (unpaired) electrons. The van der Waals surface area contributed by atoms with Crippen LogP contribution in [-0.4, -0.2) is 50.6 Å². The summed E-state index contributed by atoms with van der Waals surface area (Å²) in [5, 5.41) is 9.24. The van der Waals surface area contributed by atoms with Crippen LogP contribution in [0.1, 0.15) is 16.6 Å². The van der Waals surface area contributed by atoms with Crippen molar-refractivity contribution in [3.8, 4) is 0 Å². The van der Waals surface area contributed by atoms with Crippen LogP contribution in [0, 0.1) is 0 Å². The van der Waals surface area contributed by atoms with Crippen LogP contribution in [0.3, 0.4) is 0 Å². The maximum absolute atomic E-state index is 12.3. The van der Waals surface area contributed by atoms with Crippen molar-refractivity contribution in [1.29, 1.82) is 0 Å². The molecule has 0 spiro atoms. The minimum absolute atomic E-state index is 0.0129. The molecule has 0 bridgehead atoms. The third-order valence-electron chi connectivity index (χ3n) is 2.25. The van der Waals surface area contributed by atoms with Gasteiger partial charge in [-0.3, -0.25) is 0 Å². The average molecular weight is 372 g/mol. The van der Waals surface area contributed by atoms with Crippen molar-refractivity contribution in [2.24, 2.45) is 0 Å². The molecule has 0 aliphatic carbocycles. The lowest BCUT2D eigenvalue weighted by Gasteiger charge is -2.18. The number of rotatable bonds is 5. The predicted octanol–water partition coefficient (Wildman–Crippen LogP) is 1.30. The largest absolute Gasteiger partial charge is 0.465 e. The quantitative estimate of drug-likeness (QED) is 0.788. The van der Waals surface area contributed by atoms with Crippen LogP contribution in [0.2, 0.25) is 0 Å². The Balaban J connectivity index is 3.15. The van der Waals surface area contributed by atoms with Gasteiger partial charge in [0.25, 0.3) is 0 Å². The molecule has 1 atom stereocenters. The first-order valence-electron chi connectivity index (χ1n) is 5.22. The highest BCUT2D eigenvalue weighted by atomic mass is 79.9. The van der Waals surface area contributed by atoms with E-state index in [1.807, 2.05) is 0 Å². The average Bonchev–Trinajstić information content (AvgIpc) is 2.70. The molecule has 0 amide bonds. The Labute approximate surface area is 124 Å². The number of halogens is 1. The van der Waals surface area contributed by atoms with Crippen LogP contribution in [0.5, 0.6) is 0 Å². The zero-order chi connectivity index (χ0) is 14.8. The second-order valence-corrected chi connectivity index (χ2v) is 8.26. The highest BCUT2D eigenvalue weighted by Crippen LogP contribution is 2.33. The minimum atomic E-state index is -3.76. The summed E-state index contributed by atoms with van der Waals surface area (Å²) in [6, 6.07) is 1.26. The number of carbonyl (C=O) groups is 1. The third-order valence-corrected chi connectivity index (χ3v) is 6.31. The molecule has 9 heteroatoms. The molecule has 0 saturated heterocycles. The fourth-order valence-electron chi connectivity index (χ4n) is 1.37. The lowest BCUT2D eigenvalue weighted by molar-refractivity contribution is 0.0606. The highest BCUT2D eigenvalue weighted by molar-refractivity contribution is 9.11. The number of carbonyl (C=O) groups excluding carboxylic acids is 1. The number of likely N-dealkylation sites (N-methyl/N-ethyl adjacent to an activating group) is 1. The van der Waals surface area contributed by atoms with Gasteiger partial charge in [0, 0.05) is 13.6 Å². The van der Waals surface area contributed by atoms with Gasteiger partial charge >= 0.3 is 5.97 Å². The Hall–Kier alpha value is -0.480. The summed E-state index contributed by atoms with van der Waals surface area (Å²) in [6.45, 7) is 1.47.